The minimum Gasteiger partial charge on any atom is -0.385 e. The molecule has 128 valence electrons. The second-order valence-corrected chi connectivity index (χ2v) is 7.62. The molecule has 2 atom stereocenters. The Morgan fingerprint density at radius 2 is 2.05 bits per heavy atom. The Morgan fingerprint density at radius 3 is 2.50 bits per heavy atom. The molecule has 2 rings (SSSR count). The van der Waals surface area contributed by atoms with E-state index in [1.165, 1.54) is 19.3 Å². The molecule has 0 radical (unpaired) electrons. The summed E-state index contributed by atoms with van der Waals surface area (Å²) >= 11 is 0. The second-order valence-electron chi connectivity index (χ2n) is 7.62. The van der Waals surface area contributed by atoms with Crippen molar-refractivity contribution in [3.05, 3.63) is 0 Å². The number of ether oxygens (including phenoxy) is 2. The third-order valence-electron chi connectivity index (χ3n) is 6.11. The summed E-state index contributed by atoms with van der Waals surface area (Å²) in [5, 5.41) is 3.12. The highest BCUT2D eigenvalue weighted by Gasteiger charge is 2.63. The Morgan fingerprint density at radius 1 is 1.36 bits per heavy atom. The van der Waals surface area contributed by atoms with Crippen LogP contribution in [0.1, 0.15) is 52.9 Å². The van der Waals surface area contributed by atoms with Crippen LogP contribution in [0.4, 0.5) is 0 Å². The van der Waals surface area contributed by atoms with Crippen molar-refractivity contribution in [1.82, 2.24) is 5.32 Å². The maximum Gasteiger partial charge on any atom is 0.240 e. The van der Waals surface area contributed by atoms with Crippen LogP contribution in [-0.2, 0) is 14.3 Å². The number of nitrogens with two attached hydrogens (primary N) is 1. The number of amides is 1. The Bertz CT molecular complexity index is 407. The quantitative estimate of drug-likeness (QED) is 0.717. The first kappa shape index (κ1) is 17.7. The van der Waals surface area contributed by atoms with Gasteiger partial charge in [0.25, 0.3) is 0 Å². The van der Waals surface area contributed by atoms with Crippen LogP contribution in [0.25, 0.3) is 0 Å². The van der Waals surface area contributed by atoms with Crippen LogP contribution in [0.3, 0.4) is 0 Å². The molecule has 0 aromatic heterocycles. The van der Waals surface area contributed by atoms with E-state index in [1.807, 2.05) is 20.8 Å². The van der Waals surface area contributed by atoms with E-state index in [2.05, 4.69) is 5.32 Å². The lowest BCUT2D eigenvalue weighted by Gasteiger charge is -2.58. The van der Waals surface area contributed by atoms with Crippen molar-refractivity contribution in [3.63, 3.8) is 0 Å². The van der Waals surface area contributed by atoms with Crippen molar-refractivity contribution in [3.8, 4) is 0 Å². The van der Waals surface area contributed by atoms with Crippen molar-refractivity contribution < 1.29 is 14.3 Å². The van der Waals surface area contributed by atoms with E-state index in [4.69, 9.17) is 15.2 Å². The summed E-state index contributed by atoms with van der Waals surface area (Å²) in [6, 6.07) is 0. The van der Waals surface area contributed by atoms with Crippen molar-refractivity contribution >= 4 is 5.91 Å². The van der Waals surface area contributed by atoms with E-state index in [0.717, 1.165) is 13.0 Å². The molecule has 3 N–H and O–H groups in total. The van der Waals surface area contributed by atoms with E-state index >= 15 is 0 Å². The smallest absolute Gasteiger partial charge is 0.240 e. The number of carbonyl (C=O) groups excluding carboxylic acids is 1. The van der Waals surface area contributed by atoms with Crippen LogP contribution in [0.5, 0.6) is 0 Å². The highest BCUT2D eigenvalue weighted by atomic mass is 16.5. The molecule has 0 bridgehead atoms. The monoisotopic (exact) mass is 312 g/mol. The normalized spacial score (nSPS) is 32.0. The van der Waals surface area contributed by atoms with Gasteiger partial charge in [-0.25, -0.2) is 0 Å². The number of hydrogen-bond donors (Lipinski definition) is 2. The van der Waals surface area contributed by atoms with Crippen molar-refractivity contribution in [2.24, 2.45) is 16.6 Å². The summed E-state index contributed by atoms with van der Waals surface area (Å²) in [6.45, 7) is 8.15. The van der Waals surface area contributed by atoms with Crippen LogP contribution in [0, 0.1) is 10.8 Å². The van der Waals surface area contributed by atoms with Crippen molar-refractivity contribution in [1.29, 1.82) is 0 Å². The molecule has 2 saturated carbocycles. The molecule has 1 amide bonds. The zero-order chi connectivity index (χ0) is 16.4. The van der Waals surface area contributed by atoms with Gasteiger partial charge in [-0.15, -0.1) is 0 Å². The molecule has 0 spiro atoms. The van der Waals surface area contributed by atoms with Gasteiger partial charge in [0, 0.05) is 38.7 Å². The first-order valence-corrected chi connectivity index (χ1v) is 8.49. The zero-order valence-electron chi connectivity index (χ0n) is 14.5. The fourth-order valence-electron chi connectivity index (χ4n) is 3.76. The van der Waals surface area contributed by atoms with E-state index < -0.39 is 5.54 Å². The molecule has 2 aliphatic rings. The van der Waals surface area contributed by atoms with Gasteiger partial charge in [0.15, 0.2) is 0 Å². The lowest BCUT2D eigenvalue weighted by Crippen LogP contribution is -2.76. The van der Waals surface area contributed by atoms with Gasteiger partial charge in [0.05, 0.1) is 6.10 Å². The number of nitrogens with one attached hydrogen (secondary N) is 1. The van der Waals surface area contributed by atoms with E-state index in [0.29, 0.717) is 19.6 Å². The van der Waals surface area contributed by atoms with Gasteiger partial charge in [0.1, 0.15) is 5.54 Å². The van der Waals surface area contributed by atoms with Crippen molar-refractivity contribution in [2.75, 3.05) is 26.9 Å². The number of methoxy groups -OCH3 is 1. The molecule has 2 aliphatic carbocycles. The van der Waals surface area contributed by atoms with E-state index in [1.54, 1.807) is 7.11 Å². The fraction of sp³-hybridized carbons (Fsp3) is 0.941. The highest BCUT2D eigenvalue weighted by molar-refractivity contribution is 5.88. The summed E-state index contributed by atoms with van der Waals surface area (Å²) in [5.74, 6) is -0.0304. The Hall–Kier alpha value is -0.650. The molecular weight excluding hydrogens is 280 g/mol. The van der Waals surface area contributed by atoms with Crippen molar-refractivity contribution in [2.45, 2.75) is 64.5 Å². The summed E-state index contributed by atoms with van der Waals surface area (Å²) in [7, 11) is 1.73. The highest BCUT2D eigenvalue weighted by Crippen LogP contribution is 2.50. The summed E-state index contributed by atoms with van der Waals surface area (Å²) in [5.41, 5.74) is 5.49. The Kier molecular flexibility index (Phi) is 5.20. The standard InChI is InChI=1S/C17H32N2O3/c1-5-22-13-11-17(18,15(13,2)3)14(20)19-12-16(7-6-8-16)9-10-21-4/h13H,5-12,18H2,1-4H3,(H,19,20). The van der Waals surface area contributed by atoms with Gasteiger partial charge in [-0.2, -0.15) is 0 Å². The second kappa shape index (κ2) is 6.46. The zero-order valence-corrected chi connectivity index (χ0v) is 14.5. The fourth-order valence-corrected chi connectivity index (χ4v) is 3.76. The minimum absolute atomic E-state index is 0.0304. The predicted octanol–water partition coefficient (Wildman–Crippen LogP) is 1.84. The summed E-state index contributed by atoms with van der Waals surface area (Å²) in [6.07, 6.45) is 5.25. The van der Waals surface area contributed by atoms with Crippen LogP contribution in [0.15, 0.2) is 0 Å². The average molecular weight is 312 g/mol. The summed E-state index contributed by atoms with van der Waals surface area (Å²) < 4.78 is 10.9. The maximum atomic E-state index is 12.7. The Balaban J connectivity index is 1.90. The van der Waals surface area contributed by atoms with Gasteiger partial charge in [-0.05, 0) is 31.6 Å². The molecule has 5 nitrogen and oxygen atoms in total. The number of carbonyl (C=O) groups is 1. The van der Waals surface area contributed by atoms with Gasteiger partial charge in [-0.1, -0.05) is 20.3 Å². The van der Waals surface area contributed by atoms with Gasteiger partial charge >= 0.3 is 0 Å². The Labute approximate surface area is 134 Å². The first-order chi connectivity index (χ1) is 10.3. The number of rotatable bonds is 8. The first-order valence-electron chi connectivity index (χ1n) is 8.49. The van der Waals surface area contributed by atoms with E-state index in [-0.39, 0.29) is 22.8 Å². The molecule has 0 aromatic carbocycles. The third kappa shape index (κ3) is 2.91. The van der Waals surface area contributed by atoms with Crippen LogP contribution >= 0.6 is 0 Å². The molecule has 22 heavy (non-hydrogen) atoms. The molecule has 0 aromatic rings. The molecule has 0 aliphatic heterocycles. The SMILES string of the molecule is CCOC1CC(N)(C(=O)NCC2(CCOC)CCC2)C1(C)C. The van der Waals surface area contributed by atoms with Gasteiger partial charge < -0.3 is 20.5 Å². The molecule has 2 fully saturated rings. The largest absolute Gasteiger partial charge is 0.385 e. The lowest BCUT2D eigenvalue weighted by atomic mass is 9.54. The third-order valence-corrected chi connectivity index (χ3v) is 6.11. The van der Waals surface area contributed by atoms with Crippen LogP contribution in [-0.4, -0.2) is 44.4 Å². The minimum atomic E-state index is -0.820. The predicted molar refractivity (Wildman–Crippen MR) is 86.5 cm³/mol. The van der Waals surface area contributed by atoms with E-state index in [9.17, 15) is 4.79 Å². The molecule has 5 heteroatoms. The lowest BCUT2D eigenvalue weighted by molar-refractivity contribution is -0.171. The number of hydrogen-bond acceptors (Lipinski definition) is 4. The molecule has 0 saturated heterocycles. The summed E-state index contributed by atoms with van der Waals surface area (Å²) in [4.78, 5) is 12.7. The van der Waals surface area contributed by atoms with Gasteiger partial charge in [0.2, 0.25) is 5.91 Å². The van der Waals surface area contributed by atoms with Gasteiger partial charge in [-0.3, -0.25) is 4.79 Å². The maximum absolute atomic E-state index is 12.7. The average Bonchev–Trinajstić information content (AvgIpc) is 2.45. The topological polar surface area (TPSA) is 73.6 Å². The molecule has 0 heterocycles. The molecule has 2 unspecified atom stereocenters. The van der Waals surface area contributed by atoms with Crippen LogP contribution in [0.2, 0.25) is 0 Å². The molecular formula is C17H32N2O3. The van der Waals surface area contributed by atoms with Crippen LogP contribution < -0.4 is 11.1 Å².